The fourth-order valence-electron chi connectivity index (χ4n) is 1.99. The molecule has 18 heavy (non-hydrogen) atoms. The summed E-state index contributed by atoms with van der Waals surface area (Å²) in [6.45, 7) is 12.3. The van der Waals surface area contributed by atoms with Crippen molar-refractivity contribution in [3.63, 3.8) is 0 Å². The Morgan fingerprint density at radius 2 is 1.83 bits per heavy atom. The molecule has 4 nitrogen and oxygen atoms in total. The number of hydrogen-bond acceptors (Lipinski definition) is 3. The molecule has 0 fully saturated rings. The van der Waals surface area contributed by atoms with Gasteiger partial charge in [-0.25, -0.2) is 0 Å². The second-order valence-corrected chi connectivity index (χ2v) is 5.57. The van der Waals surface area contributed by atoms with Crippen LogP contribution < -0.4 is 11.1 Å². The zero-order valence-electron chi connectivity index (χ0n) is 12.7. The van der Waals surface area contributed by atoms with Crippen molar-refractivity contribution in [1.29, 1.82) is 0 Å². The van der Waals surface area contributed by atoms with E-state index in [4.69, 9.17) is 5.73 Å². The summed E-state index contributed by atoms with van der Waals surface area (Å²) in [6, 6.07) is 0.457. The number of carbonyl (C=O) groups is 1. The lowest BCUT2D eigenvalue weighted by molar-refractivity contribution is -0.120. The minimum atomic E-state index is -0.259. The summed E-state index contributed by atoms with van der Waals surface area (Å²) in [4.78, 5) is 13.8. The molecule has 0 saturated carbocycles. The number of carbonyl (C=O) groups excluding carboxylic acids is 1. The second kappa shape index (κ2) is 9.34. The third kappa shape index (κ3) is 7.67. The summed E-state index contributed by atoms with van der Waals surface area (Å²) in [5.74, 6) is -0.259. The van der Waals surface area contributed by atoms with Crippen LogP contribution in [0.2, 0.25) is 0 Å². The highest BCUT2D eigenvalue weighted by atomic mass is 16.1. The maximum Gasteiger partial charge on any atom is 0.235 e. The Hall–Kier alpha value is -0.610. The molecule has 0 radical (unpaired) electrons. The first kappa shape index (κ1) is 17.4. The number of rotatable bonds is 10. The van der Waals surface area contributed by atoms with E-state index in [1.807, 2.05) is 13.8 Å². The fraction of sp³-hybridized carbons (Fsp3) is 0.929. The number of hydrogen-bond donors (Lipinski definition) is 2. The average Bonchev–Trinajstić information content (AvgIpc) is 2.25. The number of nitrogens with two attached hydrogens (primary N) is 1. The molecule has 1 amide bonds. The first-order valence-electron chi connectivity index (χ1n) is 7.17. The molecule has 0 aromatic heterocycles. The van der Waals surface area contributed by atoms with Crippen molar-refractivity contribution in [2.24, 2.45) is 5.73 Å². The SMILES string of the molecule is CCCCCN(CC(NC(C)C)C(N)=O)C(C)C. The van der Waals surface area contributed by atoms with Crippen LogP contribution in [-0.2, 0) is 4.79 Å². The van der Waals surface area contributed by atoms with Crippen molar-refractivity contribution in [3.8, 4) is 0 Å². The molecule has 3 N–H and O–H groups in total. The van der Waals surface area contributed by atoms with Crippen LogP contribution in [0.15, 0.2) is 0 Å². The zero-order chi connectivity index (χ0) is 14.1. The molecule has 0 aliphatic heterocycles. The van der Waals surface area contributed by atoms with Crippen LogP contribution >= 0.6 is 0 Å². The maximum atomic E-state index is 11.5. The summed E-state index contributed by atoms with van der Waals surface area (Å²) in [6.07, 6.45) is 3.64. The van der Waals surface area contributed by atoms with Crippen LogP contribution in [0.4, 0.5) is 0 Å². The Bertz CT molecular complexity index is 229. The summed E-state index contributed by atoms with van der Waals surface area (Å²) in [7, 11) is 0. The molecule has 0 aliphatic rings. The van der Waals surface area contributed by atoms with Gasteiger partial charge in [0, 0.05) is 18.6 Å². The van der Waals surface area contributed by atoms with Crippen molar-refractivity contribution in [1.82, 2.24) is 10.2 Å². The molecule has 0 rings (SSSR count). The molecule has 0 saturated heterocycles. The van der Waals surface area contributed by atoms with Crippen molar-refractivity contribution in [2.75, 3.05) is 13.1 Å². The molecular formula is C14H31N3O. The molecule has 108 valence electrons. The van der Waals surface area contributed by atoms with Gasteiger partial charge in [0.25, 0.3) is 0 Å². The van der Waals surface area contributed by atoms with Gasteiger partial charge in [0.05, 0.1) is 6.04 Å². The molecule has 0 aliphatic carbocycles. The lowest BCUT2D eigenvalue weighted by Gasteiger charge is -2.30. The van der Waals surface area contributed by atoms with E-state index in [-0.39, 0.29) is 18.0 Å². The van der Waals surface area contributed by atoms with Crippen LogP contribution in [0.3, 0.4) is 0 Å². The third-order valence-electron chi connectivity index (χ3n) is 3.07. The molecular weight excluding hydrogens is 226 g/mol. The van der Waals surface area contributed by atoms with E-state index >= 15 is 0 Å². The number of nitrogens with zero attached hydrogens (tertiary/aromatic N) is 1. The molecule has 0 heterocycles. The Morgan fingerprint density at radius 3 is 2.22 bits per heavy atom. The summed E-state index contributed by atoms with van der Waals surface area (Å²) < 4.78 is 0. The normalized spacial score (nSPS) is 13.6. The fourth-order valence-corrected chi connectivity index (χ4v) is 1.99. The predicted octanol–water partition coefficient (Wildman–Crippen LogP) is 1.74. The third-order valence-corrected chi connectivity index (χ3v) is 3.07. The molecule has 0 spiro atoms. The van der Waals surface area contributed by atoms with E-state index in [0.29, 0.717) is 12.6 Å². The number of unbranched alkanes of at least 4 members (excludes halogenated alkanes) is 2. The van der Waals surface area contributed by atoms with Gasteiger partial charge >= 0.3 is 0 Å². The number of amides is 1. The van der Waals surface area contributed by atoms with Crippen LogP contribution in [0.1, 0.15) is 53.9 Å². The molecule has 0 aromatic carbocycles. The smallest absolute Gasteiger partial charge is 0.235 e. The molecule has 0 aromatic rings. The molecule has 1 atom stereocenters. The Labute approximate surface area is 112 Å². The van der Waals surface area contributed by atoms with E-state index in [2.05, 4.69) is 31.0 Å². The summed E-state index contributed by atoms with van der Waals surface area (Å²) in [5, 5.41) is 3.24. The van der Waals surface area contributed by atoms with Crippen molar-refractivity contribution >= 4 is 5.91 Å². The lowest BCUT2D eigenvalue weighted by atomic mass is 10.1. The van der Waals surface area contributed by atoms with E-state index < -0.39 is 0 Å². The van der Waals surface area contributed by atoms with Crippen LogP contribution in [0.25, 0.3) is 0 Å². The number of primary amides is 1. The van der Waals surface area contributed by atoms with Crippen molar-refractivity contribution < 1.29 is 4.79 Å². The van der Waals surface area contributed by atoms with E-state index in [0.717, 1.165) is 6.54 Å². The maximum absolute atomic E-state index is 11.5. The first-order valence-corrected chi connectivity index (χ1v) is 7.17. The Kier molecular flexibility index (Phi) is 9.02. The topological polar surface area (TPSA) is 58.4 Å². The van der Waals surface area contributed by atoms with Gasteiger partial charge in [-0.3, -0.25) is 9.69 Å². The lowest BCUT2D eigenvalue weighted by Crippen LogP contribution is -2.52. The molecule has 0 bridgehead atoms. The minimum Gasteiger partial charge on any atom is -0.368 e. The first-order chi connectivity index (χ1) is 8.38. The average molecular weight is 257 g/mol. The van der Waals surface area contributed by atoms with E-state index in [1.54, 1.807) is 0 Å². The van der Waals surface area contributed by atoms with Gasteiger partial charge in [-0.2, -0.15) is 0 Å². The predicted molar refractivity (Wildman–Crippen MR) is 77.5 cm³/mol. The van der Waals surface area contributed by atoms with E-state index in [9.17, 15) is 4.79 Å². The zero-order valence-corrected chi connectivity index (χ0v) is 12.7. The van der Waals surface area contributed by atoms with Crippen LogP contribution in [0, 0.1) is 0 Å². The van der Waals surface area contributed by atoms with Gasteiger partial charge < -0.3 is 11.1 Å². The monoisotopic (exact) mass is 257 g/mol. The minimum absolute atomic E-state index is 0.256. The van der Waals surface area contributed by atoms with Gasteiger partial charge in [0.2, 0.25) is 5.91 Å². The van der Waals surface area contributed by atoms with Gasteiger partial charge in [-0.1, -0.05) is 33.6 Å². The van der Waals surface area contributed by atoms with Gasteiger partial charge in [-0.05, 0) is 26.8 Å². The quantitative estimate of drug-likeness (QED) is 0.586. The van der Waals surface area contributed by atoms with E-state index in [1.165, 1.54) is 19.3 Å². The standard InChI is InChI=1S/C14H31N3O/c1-6-7-8-9-17(12(4)5)10-13(14(15)18)16-11(2)3/h11-13,16H,6-10H2,1-5H3,(H2,15,18). The van der Waals surface area contributed by atoms with Gasteiger partial charge in [0.1, 0.15) is 0 Å². The second-order valence-electron chi connectivity index (χ2n) is 5.57. The molecule has 4 heteroatoms. The van der Waals surface area contributed by atoms with Crippen LogP contribution in [0.5, 0.6) is 0 Å². The van der Waals surface area contributed by atoms with Crippen molar-refractivity contribution in [2.45, 2.75) is 72.0 Å². The molecule has 1 unspecified atom stereocenters. The van der Waals surface area contributed by atoms with Crippen LogP contribution in [-0.4, -0.2) is 42.0 Å². The Morgan fingerprint density at radius 1 is 1.22 bits per heavy atom. The highest BCUT2D eigenvalue weighted by Gasteiger charge is 2.21. The number of nitrogens with one attached hydrogen (secondary N) is 1. The summed E-state index contributed by atoms with van der Waals surface area (Å²) >= 11 is 0. The van der Waals surface area contributed by atoms with Crippen molar-refractivity contribution in [3.05, 3.63) is 0 Å². The largest absolute Gasteiger partial charge is 0.368 e. The Balaban J connectivity index is 4.36. The summed E-state index contributed by atoms with van der Waals surface area (Å²) in [5.41, 5.74) is 5.46. The van der Waals surface area contributed by atoms with Gasteiger partial charge in [-0.15, -0.1) is 0 Å². The van der Waals surface area contributed by atoms with Gasteiger partial charge in [0.15, 0.2) is 0 Å². The highest BCUT2D eigenvalue weighted by molar-refractivity contribution is 5.80. The highest BCUT2D eigenvalue weighted by Crippen LogP contribution is 2.05.